The van der Waals surface area contributed by atoms with Crippen LogP contribution in [0.1, 0.15) is 54.3 Å². The lowest BCUT2D eigenvalue weighted by Gasteiger charge is -2.30. The topological polar surface area (TPSA) is 87.2 Å². The number of nitrogens with one attached hydrogen (secondary N) is 1. The number of carbonyl (C=O) groups excluding carboxylic acids is 1. The Bertz CT molecular complexity index is 1060. The van der Waals surface area contributed by atoms with E-state index in [0.29, 0.717) is 37.8 Å². The zero-order valence-corrected chi connectivity index (χ0v) is 21.6. The van der Waals surface area contributed by atoms with Gasteiger partial charge in [0, 0.05) is 24.5 Å². The minimum atomic E-state index is -0.825. The number of rotatable bonds is 7. The molecule has 2 aromatic rings. The summed E-state index contributed by atoms with van der Waals surface area (Å²) >= 11 is 1.81. The van der Waals surface area contributed by atoms with E-state index >= 15 is 0 Å². The van der Waals surface area contributed by atoms with Crippen molar-refractivity contribution >= 4 is 22.4 Å². The van der Waals surface area contributed by atoms with Crippen molar-refractivity contribution in [3.8, 4) is 11.5 Å². The van der Waals surface area contributed by atoms with Gasteiger partial charge >= 0.3 is 0 Å². The maximum absolute atomic E-state index is 13.4. The van der Waals surface area contributed by atoms with Crippen molar-refractivity contribution in [2.45, 2.75) is 57.1 Å². The van der Waals surface area contributed by atoms with E-state index < -0.39 is 6.10 Å². The number of aliphatic hydroxyl groups excluding tert-OH is 1. The summed E-state index contributed by atoms with van der Waals surface area (Å²) < 4.78 is 11.4. The molecule has 194 valence electrons. The van der Waals surface area contributed by atoms with E-state index in [1.54, 1.807) is 0 Å². The molecule has 4 aliphatic rings. The number of nitrogens with zero attached hydrogens (tertiary/aromatic N) is 3. The second-order valence-electron chi connectivity index (χ2n) is 10.5. The third-order valence-corrected chi connectivity index (χ3v) is 9.15. The maximum Gasteiger partial charge on any atom is 0.225 e. The molecule has 0 bridgehead atoms. The van der Waals surface area contributed by atoms with Gasteiger partial charge < -0.3 is 29.7 Å². The number of amides is 1. The fraction of sp³-hybridized carbons (Fsp3) is 0.630. The smallest absolute Gasteiger partial charge is 0.225 e. The molecular formula is C27H36N4O4S. The molecule has 2 fully saturated rings. The molecule has 6 rings (SSSR count). The minimum Gasteiger partial charge on any atom is -0.486 e. The first kappa shape index (κ1) is 24.0. The van der Waals surface area contributed by atoms with E-state index in [4.69, 9.17) is 14.5 Å². The number of likely N-dealkylation sites (tertiary alicyclic amines) is 1. The Labute approximate surface area is 216 Å². The van der Waals surface area contributed by atoms with E-state index in [1.165, 1.54) is 23.4 Å². The number of hydrogen-bond donors (Lipinski definition) is 2. The Hall–Kier alpha value is -2.36. The number of anilines is 1. The fourth-order valence-corrected chi connectivity index (χ4v) is 7.05. The third kappa shape index (κ3) is 5.06. The molecule has 1 amide bonds. The third-order valence-electron chi connectivity index (χ3n) is 7.93. The highest BCUT2D eigenvalue weighted by atomic mass is 32.1. The second kappa shape index (κ2) is 10.6. The number of fused-ring (bicyclic) bond motifs is 2. The van der Waals surface area contributed by atoms with Crippen molar-refractivity contribution in [1.82, 2.24) is 15.2 Å². The van der Waals surface area contributed by atoms with Crippen LogP contribution < -0.4 is 19.7 Å². The SMILES string of the molecule is O=C(N[C@H](CN1CCCC1)[C@H](O)c1ccc2c(c1)OCCO2)C1CCN(c2nc3c(s2)CCCC3)C1. The summed E-state index contributed by atoms with van der Waals surface area (Å²) in [5.41, 5.74) is 2.01. The second-order valence-corrected chi connectivity index (χ2v) is 11.5. The molecular weight excluding hydrogens is 476 g/mol. The monoisotopic (exact) mass is 512 g/mol. The Kier molecular flexibility index (Phi) is 7.04. The lowest BCUT2D eigenvalue weighted by Crippen LogP contribution is -2.48. The highest BCUT2D eigenvalue weighted by Gasteiger charge is 2.34. The van der Waals surface area contributed by atoms with Crippen LogP contribution in [0.25, 0.3) is 0 Å². The lowest BCUT2D eigenvalue weighted by molar-refractivity contribution is -0.126. The minimum absolute atomic E-state index is 0.0274. The Morgan fingerprint density at radius 3 is 2.75 bits per heavy atom. The zero-order chi connectivity index (χ0) is 24.5. The van der Waals surface area contributed by atoms with Gasteiger partial charge in [-0.3, -0.25) is 4.79 Å². The molecule has 1 unspecified atom stereocenters. The van der Waals surface area contributed by atoms with Gasteiger partial charge in [-0.2, -0.15) is 0 Å². The standard InChI is InChI=1S/C27H36N4O4S/c32-25(18-7-8-22-23(15-18)35-14-13-34-22)21(17-30-10-3-4-11-30)28-26(33)19-9-12-31(16-19)27-29-20-5-1-2-6-24(20)36-27/h7-8,15,19,21,25,32H,1-6,9-14,16-17H2,(H,28,33)/t19?,21-,25-/m1/s1. The van der Waals surface area contributed by atoms with Crippen LogP contribution in [-0.2, 0) is 17.6 Å². The number of aliphatic hydroxyl groups is 1. The molecule has 1 aromatic carbocycles. The summed E-state index contributed by atoms with van der Waals surface area (Å²) in [4.78, 5) is 24.4. The van der Waals surface area contributed by atoms with Gasteiger partial charge in [-0.15, -0.1) is 11.3 Å². The molecule has 0 spiro atoms. The molecule has 1 aliphatic carbocycles. The molecule has 2 saturated heterocycles. The van der Waals surface area contributed by atoms with Gasteiger partial charge in [0.05, 0.1) is 17.7 Å². The van der Waals surface area contributed by atoms with Crippen LogP contribution in [0.15, 0.2) is 18.2 Å². The van der Waals surface area contributed by atoms with Gasteiger partial charge in [-0.1, -0.05) is 6.07 Å². The summed E-state index contributed by atoms with van der Waals surface area (Å²) in [7, 11) is 0. The Morgan fingerprint density at radius 1 is 1.11 bits per heavy atom. The summed E-state index contributed by atoms with van der Waals surface area (Å²) in [6.07, 6.45) is 7.02. The molecule has 3 atom stereocenters. The van der Waals surface area contributed by atoms with E-state index in [-0.39, 0.29) is 17.9 Å². The fourth-order valence-electron chi connectivity index (χ4n) is 5.87. The zero-order valence-electron chi connectivity index (χ0n) is 20.8. The molecule has 9 heteroatoms. The van der Waals surface area contributed by atoms with Crippen LogP contribution >= 0.6 is 11.3 Å². The van der Waals surface area contributed by atoms with Crippen LogP contribution in [0.4, 0.5) is 5.13 Å². The van der Waals surface area contributed by atoms with E-state index in [1.807, 2.05) is 29.5 Å². The van der Waals surface area contributed by atoms with Gasteiger partial charge in [0.15, 0.2) is 16.6 Å². The van der Waals surface area contributed by atoms with Crippen molar-refractivity contribution in [2.24, 2.45) is 5.92 Å². The molecule has 0 radical (unpaired) electrons. The molecule has 4 heterocycles. The number of carbonyl (C=O) groups is 1. The molecule has 0 saturated carbocycles. The van der Waals surface area contributed by atoms with Crippen molar-refractivity contribution < 1.29 is 19.4 Å². The van der Waals surface area contributed by atoms with E-state index in [0.717, 1.165) is 62.4 Å². The number of thiazole rings is 1. The molecule has 2 N–H and O–H groups in total. The highest BCUT2D eigenvalue weighted by molar-refractivity contribution is 7.15. The normalized spacial score (nSPS) is 23.4. The average Bonchev–Trinajstić information content (AvgIpc) is 3.68. The molecule has 1 aromatic heterocycles. The first-order valence-corrected chi connectivity index (χ1v) is 14.3. The van der Waals surface area contributed by atoms with Gasteiger partial charge in [0.25, 0.3) is 0 Å². The van der Waals surface area contributed by atoms with Gasteiger partial charge in [0.1, 0.15) is 19.3 Å². The van der Waals surface area contributed by atoms with Gasteiger partial charge in [-0.25, -0.2) is 4.98 Å². The number of hydrogen-bond acceptors (Lipinski definition) is 8. The lowest BCUT2D eigenvalue weighted by atomic mass is 9.99. The van der Waals surface area contributed by atoms with Crippen molar-refractivity contribution in [1.29, 1.82) is 0 Å². The van der Waals surface area contributed by atoms with E-state index in [2.05, 4.69) is 15.1 Å². The van der Waals surface area contributed by atoms with Crippen molar-refractivity contribution in [3.63, 3.8) is 0 Å². The summed E-state index contributed by atoms with van der Waals surface area (Å²) in [5.74, 6) is 1.29. The largest absolute Gasteiger partial charge is 0.486 e. The van der Waals surface area contributed by atoms with Crippen LogP contribution in [0, 0.1) is 5.92 Å². The van der Waals surface area contributed by atoms with E-state index in [9.17, 15) is 9.90 Å². The molecule has 3 aliphatic heterocycles. The summed E-state index contributed by atoms with van der Waals surface area (Å²) in [6.45, 7) is 5.22. The first-order chi connectivity index (χ1) is 17.6. The summed E-state index contributed by atoms with van der Waals surface area (Å²) in [5, 5.41) is 15.7. The van der Waals surface area contributed by atoms with Crippen molar-refractivity contribution in [3.05, 3.63) is 34.3 Å². The predicted molar refractivity (Wildman–Crippen MR) is 139 cm³/mol. The first-order valence-electron chi connectivity index (χ1n) is 13.5. The predicted octanol–water partition coefficient (Wildman–Crippen LogP) is 2.93. The van der Waals surface area contributed by atoms with Crippen LogP contribution in [0.5, 0.6) is 11.5 Å². The molecule has 8 nitrogen and oxygen atoms in total. The Morgan fingerprint density at radius 2 is 1.92 bits per heavy atom. The van der Waals surface area contributed by atoms with Crippen LogP contribution in [0.3, 0.4) is 0 Å². The average molecular weight is 513 g/mol. The number of aryl methyl sites for hydroxylation is 2. The summed E-state index contributed by atoms with van der Waals surface area (Å²) in [6, 6.07) is 5.19. The van der Waals surface area contributed by atoms with Gasteiger partial charge in [-0.05, 0) is 75.7 Å². The van der Waals surface area contributed by atoms with Crippen molar-refractivity contribution in [2.75, 3.05) is 50.8 Å². The quantitative estimate of drug-likeness (QED) is 0.590. The van der Waals surface area contributed by atoms with Gasteiger partial charge in [0.2, 0.25) is 5.91 Å². The van der Waals surface area contributed by atoms with Crippen LogP contribution in [-0.4, -0.2) is 72.9 Å². The highest BCUT2D eigenvalue weighted by Crippen LogP contribution is 2.35. The number of ether oxygens (including phenoxy) is 2. The number of aromatic nitrogens is 1. The Balaban J connectivity index is 1.14. The number of benzene rings is 1. The molecule has 36 heavy (non-hydrogen) atoms. The maximum atomic E-state index is 13.4. The van der Waals surface area contributed by atoms with Crippen LogP contribution in [0.2, 0.25) is 0 Å².